The lowest BCUT2D eigenvalue weighted by Gasteiger charge is -2.06. The van der Waals surface area contributed by atoms with Crippen molar-refractivity contribution in [3.63, 3.8) is 0 Å². The fourth-order valence-electron chi connectivity index (χ4n) is 2.07. The molecule has 116 valence electrons. The van der Waals surface area contributed by atoms with Gasteiger partial charge >= 0.3 is 0 Å². The van der Waals surface area contributed by atoms with Crippen LogP contribution in [0.1, 0.15) is 26.3 Å². The molecule has 0 unspecified atom stereocenters. The first-order valence-electron chi connectivity index (χ1n) is 7.34. The Kier molecular flexibility index (Phi) is 5.96. The maximum Gasteiger partial charge on any atom is 0.252 e. The lowest BCUT2D eigenvalue weighted by Crippen LogP contribution is -2.26. The highest BCUT2D eigenvalue weighted by Crippen LogP contribution is 2.05. The highest BCUT2D eigenvalue weighted by Gasteiger charge is 2.08. The topological polar surface area (TPSA) is 58.2 Å². The number of carbonyl (C=O) groups excluding carboxylic acids is 2. The summed E-state index contributed by atoms with van der Waals surface area (Å²) < 4.78 is 0. The molecule has 23 heavy (non-hydrogen) atoms. The molecule has 0 saturated carbocycles. The lowest BCUT2D eigenvalue weighted by atomic mass is 10.1. The molecule has 2 aromatic carbocycles. The number of amides is 2. The Morgan fingerprint density at radius 1 is 0.870 bits per heavy atom. The van der Waals surface area contributed by atoms with Crippen LogP contribution in [0.3, 0.4) is 0 Å². The Balaban J connectivity index is 1.85. The van der Waals surface area contributed by atoms with Gasteiger partial charge in [0, 0.05) is 17.7 Å². The summed E-state index contributed by atoms with van der Waals surface area (Å²) in [6.45, 7) is 0.744. The van der Waals surface area contributed by atoms with Gasteiger partial charge in [-0.05, 0) is 36.2 Å². The number of benzene rings is 2. The zero-order chi connectivity index (χ0) is 16.5. The van der Waals surface area contributed by atoms with Crippen LogP contribution in [0.15, 0.2) is 54.6 Å². The number of terminal acetylenes is 1. The van der Waals surface area contributed by atoms with Crippen LogP contribution in [0, 0.1) is 12.3 Å². The maximum atomic E-state index is 12.0. The second kappa shape index (κ2) is 8.40. The Hall–Kier alpha value is -3.06. The van der Waals surface area contributed by atoms with Crippen LogP contribution in [0.5, 0.6) is 0 Å². The number of nitrogens with one attached hydrogen (secondary N) is 2. The van der Waals surface area contributed by atoms with Crippen LogP contribution in [0.25, 0.3) is 0 Å². The fraction of sp³-hybridized carbons (Fsp3) is 0.158. The van der Waals surface area contributed by atoms with Crippen molar-refractivity contribution in [3.8, 4) is 12.3 Å². The van der Waals surface area contributed by atoms with Gasteiger partial charge in [0.05, 0.1) is 6.54 Å². The fourth-order valence-corrected chi connectivity index (χ4v) is 2.07. The Morgan fingerprint density at radius 3 is 2.00 bits per heavy atom. The van der Waals surface area contributed by atoms with E-state index < -0.39 is 0 Å². The summed E-state index contributed by atoms with van der Waals surface area (Å²) in [6.07, 6.45) is 5.87. The number of hydrogen-bond donors (Lipinski definition) is 2. The average Bonchev–Trinajstić information content (AvgIpc) is 2.60. The monoisotopic (exact) mass is 306 g/mol. The Labute approximate surface area is 135 Å². The quantitative estimate of drug-likeness (QED) is 0.802. The molecule has 0 fully saturated rings. The number of carbonyl (C=O) groups is 2. The maximum absolute atomic E-state index is 12.0. The van der Waals surface area contributed by atoms with Crippen molar-refractivity contribution in [2.45, 2.75) is 6.42 Å². The molecule has 0 saturated heterocycles. The molecule has 0 aromatic heterocycles. The van der Waals surface area contributed by atoms with E-state index in [0.717, 1.165) is 6.42 Å². The van der Waals surface area contributed by atoms with Crippen molar-refractivity contribution in [1.29, 1.82) is 0 Å². The highest BCUT2D eigenvalue weighted by molar-refractivity contribution is 5.97. The van der Waals surface area contributed by atoms with Crippen molar-refractivity contribution >= 4 is 11.8 Å². The standard InChI is InChI=1S/C19H18N2O2/c1-2-13-20-18(22)16-8-10-17(11-9-16)19(23)21-14-12-15-6-4-3-5-7-15/h1,3-11H,12-14H2,(H,20,22)(H,21,23). The molecule has 0 bridgehead atoms. The first kappa shape index (κ1) is 16.3. The minimum Gasteiger partial charge on any atom is -0.352 e. The van der Waals surface area contributed by atoms with Crippen molar-refractivity contribution in [2.24, 2.45) is 0 Å². The van der Waals surface area contributed by atoms with Crippen molar-refractivity contribution in [1.82, 2.24) is 10.6 Å². The highest BCUT2D eigenvalue weighted by atomic mass is 16.2. The summed E-state index contributed by atoms with van der Waals surface area (Å²) in [5.41, 5.74) is 2.17. The van der Waals surface area contributed by atoms with E-state index in [4.69, 9.17) is 6.42 Å². The van der Waals surface area contributed by atoms with Crippen molar-refractivity contribution < 1.29 is 9.59 Å². The van der Waals surface area contributed by atoms with E-state index in [-0.39, 0.29) is 18.4 Å². The van der Waals surface area contributed by atoms with Crippen molar-refractivity contribution in [2.75, 3.05) is 13.1 Å². The van der Waals surface area contributed by atoms with Gasteiger partial charge in [-0.25, -0.2) is 0 Å². The third kappa shape index (κ3) is 5.01. The summed E-state index contributed by atoms with van der Waals surface area (Å²) in [4.78, 5) is 23.8. The van der Waals surface area contributed by atoms with Gasteiger partial charge < -0.3 is 10.6 Å². The minimum atomic E-state index is -0.251. The lowest BCUT2D eigenvalue weighted by molar-refractivity contribution is 0.0944. The van der Waals surface area contributed by atoms with Crippen LogP contribution in [0.2, 0.25) is 0 Å². The van der Waals surface area contributed by atoms with Crippen LogP contribution in [-0.4, -0.2) is 24.9 Å². The van der Waals surface area contributed by atoms with E-state index in [2.05, 4.69) is 16.6 Å². The molecule has 0 spiro atoms. The molecule has 4 nitrogen and oxygen atoms in total. The molecule has 0 aliphatic carbocycles. The second-order valence-electron chi connectivity index (χ2n) is 4.96. The summed E-state index contributed by atoms with van der Waals surface area (Å²) in [6, 6.07) is 16.4. The minimum absolute atomic E-state index is 0.156. The van der Waals surface area contributed by atoms with Gasteiger partial charge in [0.2, 0.25) is 0 Å². The van der Waals surface area contributed by atoms with Gasteiger partial charge in [0.15, 0.2) is 0 Å². The van der Waals surface area contributed by atoms with Gasteiger partial charge in [0.25, 0.3) is 11.8 Å². The largest absolute Gasteiger partial charge is 0.352 e. The molecular formula is C19H18N2O2. The molecule has 2 amide bonds. The van der Waals surface area contributed by atoms with E-state index >= 15 is 0 Å². The molecule has 0 aliphatic heterocycles. The molecule has 2 rings (SSSR count). The van der Waals surface area contributed by atoms with Gasteiger partial charge in [-0.1, -0.05) is 36.3 Å². The summed E-state index contributed by atoms with van der Waals surface area (Å²) in [5, 5.41) is 5.44. The molecule has 0 radical (unpaired) electrons. The van der Waals surface area contributed by atoms with Crippen molar-refractivity contribution in [3.05, 3.63) is 71.3 Å². The summed E-state index contributed by atoms with van der Waals surface area (Å²) in [5.74, 6) is 1.93. The van der Waals surface area contributed by atoms with Crippen LogP contribution in [-0.2, 0) is 6.42 Å². The van der Waals surface area contributed by atoms with Gasteiger partial charge in [-0.2, -0.15) is 0 Å². The molecule has 0 atom stereocenters. The van der Waals surface area contributed by atoms with Crippen LogP contribution in [0.4, 0.5) is 0 Å². The predicted molar refractivity (Wildman–Crippen MR) is 90.1 cm³/mol. The Bertz CT molecular complexity index is 700. The molecule has 4 heteroatoms. The van der Waals surface area contributed by atoms with E-state index in [1.54, 1.807) is 24.3 Å². The first-order chi connectivity index (χ1) is 11.2. The predicted octanol–water partition coefficient (Wildman–Crippen LogP) is 2.02. The third-order valence-corrected chi connectivity index (χ3v) is 3.30. The number of rotatable bonds is 6. The smallest absolute Gasteiger partial charge is 0.252 e. The van der Waals surface area contributed by atoms with Gasteiger partial charge in [-0.3, -0.25) is 9.59 Å². The summed E-state index contributed by atoms with van der Waals surface area (Å²) >= 11 is 0. The van der Waals surface area contributed by atoms with Gasteiger partial charge in [-0.15, -0.1) is 6.42 Å². The second-order valence-corrected chi connectivity index (χ2v) is 4.96. The van der Waals surface area contributed by atoms with Crippen LogP contribution < -0.4 is 10.6 Å². The molecule has 2 N–H and O–H groups in total. The summed E-state index contributed by atoms with van der Waals surface area (Å²) in [7, 11) is 0. The zero-order valence-electron chi connectivity index (χ0n) is 12.7. The van der Waals surface area contributed by atoms with E-state index in [9.17, 15) is 9.59 Å². The van der Waals surface area contributed by atoms with E-state index in [0.29, 0.717) is 17.7 Å². The van der Waals surface area contributed by atoms with Gasteiger partial charge in [0.1, 0.15) is 0 Å². The molecule has 2 aromatic rings. The number of hydrogen-bond acceptors (Lipinski definition) is 2. The molecule has 0 aliphatic rings. The Morgan fingerprint density at radius 2 is 1.43 bits per heavy atom. The first-order valence-corrected chi connectivity index (χ1v) is 7.34. The normalized spacial score (nSPS) is 9.70. The average molecular weight is 306 g/mol. The SMILES string of the molecule is C#CCNC(=O)c1ccc(C(=O)NCCc2ccccc2)cc1. The third-order valence-electron chi connectivity index (χ3n) is 3.30. The molecule has 0 heterocycles. The van der Waals surface area contributed by atoms with E-state index in [1.165, 1.54) is 5.56 Å². The molecular weight excluding hydrogens is 288 g/mol. The van der Waals surface area contributed by atoms with E-state index in [1.807, 2.05) is 30.3 Å². The van der Waals surface area contributed by atoms with Crippen LogP contribution >= 0.6 is 0 Å². The zero-order valence-corrected chi connectivity index (χ0v) is 12.7.